The van der Waals surface area contributed by atoms with Crippen molar-refractivity contribution >= 4 is 11.6 Å². The van der Waals surface area contributed by atoms with Gasteiger partial charge in [-0.05, 0) is 30.0 Å². The number of hydrogen-bond acceptors (Lipinski definition) is 2. The lowest BCUT2D eigenvalue weighted by molar-refractivity contribution is 0.0955. The van der Waals surface area contributed by atoms with Gasteiger partial charge in [-0.3, -0.25) is 0 Å². The normalized spacial score (nSPS) is 17.3. The molecule has 1 fully saturated rings. The van der Waals surface area contributed by atoms with Gasteiger partial charge in [0.2, 0.25) is 0 Å². The van der Waals surface area contributed by atoms with Crippen LogP contribution in [0.3, 0.4) is 0 Å². The first kappa shape index (κ1) is 13.9. The average molecular weight is 269 g/mol. The minimum absolute atomic E-state index is 0.0274. The van der Waals surface area contributed by atoms with Crippen LogP contribution in [0.25, 0.3) is 0 Å². The third-order valence-electron chi connectivity index (χ3n) is 4.20. The summed E-state index contributed by atoms with van der Waals surface area (Å²) in [7, 11) is 0. The molecular formula is C15H21ClO2. The zero-order chi connectivity index (χ0) is 13.0. The smallest absolute Gasteiger partial charge is 0.0550 e. The maximum absolute atomic E-state index is 9.78. The third-order valence-corrected chi connectivity index (χ3v) is 4.43. The first-order valence-electron chi connectivity index (χ1n) is 6.68. The highest BCUT2D eigenvalue weighted by atomic mass is 35.5. The van der Waals surface area contributed by atoms with Gasteiger partial charge in [-0.2, -0.15) is 0 Å². The van der Waals surface area contributed by atoms with Gasteiger partial charge in [0.1, 0.15) is 0 Å². The van der Waals surface area contributed by atoms with Crippen molar-refractivity contribution in [1.29, 1.82) is 0 Å². The van der Waals surface area contributed by atoms with Crippen LogP contribution in [0, 0.1) is 5.92 Å². The highest BCUT2D eigenvalue weighted by Crippen LogP contribution is 2.38. The molecule has 2 nitrogen and oxygen atoms in total. The van der Waals surface area contributed by atoms with E-state index < -0.39 is 5.41 Å². The van der Waals surface area contributed by atoms with Crippen molar-refractivity contribution in [1.82, 2.24) is 0 Å². The molecule has 3 heteroatoms. The summed E-state index contributed by atoms with van der Waals surface area (Å²) in [5.74, 6) is 0.614. The van der Waals surface area contributed by atoms with E-state index in [2.05, 4.69) is 0 Å². The molecule has 1 saturated carbocycles. The molecule has 0 radical (unpaired) electrons. The molecule has 18 heavy (non-hydrogen) atoms. The van der Waals surface area contributed by atoms with E-state index in [9.17, 15) is 10.2 Å². The van der Waals surface area contributed by atoms with Crippen LogP contribution < -0.4 is 0 Å². The molecule has 0 unspecified atom stereocenters. The number of halogens is 1. The van der Waals surface area contributed by atoms with Gasteiger partial charge in [-0.15, -0.1) is 0 Å². The van der Waals surface area contributed by atoms with Crippen molar-refractivity contribution in [3.05, 3.63) is 34.9 Å². The lowest BCUT2D eigenvalue weighted by Gasteiger charge is -2.33. The van der Waals surface area contributed by atoms with E-state index in [-0.39, 0.29) is 13.2 Å². The monoisotopic (exact) mass is 268 g/mol. The minimum Gasteiger partial charge on any atom is -0.395 e. The van der Waals surface area contributed by atoms with Gasteiger partial charge < -0.3 is 10.2 Å². The van der Waals surface area contributed by atoms with Gasteiger partial charge in [0, 0.05) is 10.4 Å². The van der Waals surface area contributed by atoms with Crippen LogP contribution in [0.5, 0.6) is 0 Å². The summed E-state index contributed by atoms with van der Waals surface area (Å²) in [6.45, 7) is -0.0549. The quantitative estimate of drug-likeness (QED) is 0.861. The topological polar surface area (TPSA) is 40.5 Å². The third kappa shape index (κ3) is 2.87. The van der Waals surface area contributed by atoms with E-state index in [4.69, 9.17) is 11.6 Å². The Kier molecular flexibility index (Phi) is 4.66. The molecule has 1 aromatic carbocycles. The molecule has 0 bridgehead atoms. The molecule has 1 aliphatic carbocycles. The number of aliphatic hydroxyl groups is 2. The molecule has 2 N–H and O–H groups in total. The number of hydrogen-bond donors (Lipinski definition) is 2. The van der Waals surface area contributed by atoms with E-state index in [1.165, 1.54) is 25.7 Å². The van der Waals surface area contributed by atoms with E-state index >= 15 is 0 Å². The van der Waals surface area contributed by atoms with Crippen LogP contribution in [0.1, 0.15) is 37.7 Å². The molecular weight excluding hydrogens is 248 g/mol. The van der Waals surface area contributed by atoms with Crippen LogP contribution in [0.4, 0.5) is 0 Å². The number of rotatable bonds is 5. The Bertz CT molecular complexity index is 382. The fourth-order valence-electron chi connectivity index (χ4n) is 3.06. The molecule has 0 spiro atoms. The van der Waals surface area contributed by atoms with Crippen LogP contribution in [-0.2, 0) is 5.41 Å². The van der Waals surface area contributed by atoms with Gasteiger partial charge in [0.05, 0.1) is 13.2 Å². The predicted octanol–water partition coefficient (Wildman–Crippen LogP) is 3.14. The van der Waals surface area contributed by atoms with Crippen LogP contribution in [0.2, 0.25) is 5.02 Å². The maximum Gasteiger partial charge on any atom is 0.0550 e. The standard InChI is InChI=1S/C15H21ClO2/c16-14-7-3-6-13(8-14)15(10-17,11-18)9-12-4-1-2-5-12/h3,6-8,12,17-18H,1-2,4-5,9-11H2. The van der Waals surface area contributed by atoms with Gasteiger partial charge >= 0.3 is 0 Å². The van der Waals surface area contributed by atoms with Crippen molar-refractivity contribution in [2.75, 3.05) is 13.2 Å². The summed E-state index contributed by atoms with van der Waals surface area (Å²) in [5.41, 5.74) is 0.409. The molecule has 0 aromatic heterocycles. The fourth-order valence-corrected chi connectivity index (χ4v) is 3.26. The number of aliphatic hydroxyl groups excluding tert-OH is 2. The summed E-state index contributed by atoms with van der Waals surface area (Å²) in [6.07, 6.45) is 5.81. The van der Waals surface area contributed by atoms with E-state index in [0.29, 0.717) is 10.9 Å². The highest BCUT2D eigenvalue weighted by molar-refractivity contribution is 6.30. The molecule has 0 amide bonds. The van der Waals surface area contributed by atoms with Crippen molar-refractivity contribution in [3.8, 4) is 0 Å². The lowest BCUT2D eigenvalue weighted by atomic mass is 9.74. The summed E-state index contributed by atoms with van der Waals surface area (Å²) in [6, 6.07) is 7.52. The van der Waals surface area contributed by atoms with Crippen molar-refractivity contribution in [2.45, 2.75) is 37.5 Å². The lowest BCUT2D eigenvalue weighted by Crippen LogP contribution is -2.36. The first-order valence-corrected chi connectivity index (χ1v) is 7.06. The fraction of sp³-hybridized carbons (Fsp3) is 0.600. The predicted molar refractivity (Wildman–Crippen MR) is 73.9 cm³/mol. The van der Waals surface area contributed by atoms with Crippen LogP contribution >= 0.6 is 11.6 Å². The Hall–Kier alpha value is -0.570. The first-order chi connectivity index (χ1) is 8.70. The van der Waals surface area contributed by atoms with Crippen molar-refractivity contribution in [2.24, 2.45) is 5.92 Å². The maximum atomic E-state index is 9.78. The second kappa shape index (κ2) is 6.05. The largest absolute Gasteiger partial charge is 0.395 e. The second-order valence-electron chi connectivity index (χ2n) is 5.46. The van der Waals surface area contributed by atoms with Gasteiger partial charge in [-0.1, -0.05) is 49.4 Å². The van der Waals surface area contributed by atoms with Gasteiger partial charge in [0.25, 0.3) is 0 Å². The summed E-state index contributed by atoms with van der Waals surface area (Å²) in [5, 5.41) is 20.2. The molecule has 0 heterocycles. The SMILES string of the molecule is OCC(CO)(CC1CCCC1)c1cccc(Cl)c1. The highest BCUT2D eigenvalue weighted by Gasteiger charge is 2.34. The Labute approximate surface area is 114 Å². The minimum atomic E-state index is -0.542. The van der Waals surface area contributed by atoms with Gasteiger partial charge in [0.15, 0.2) is 0 Å². The molecule has 0 atom stereocenters. The molecule has 1 aromatic rings. The Balaban J connectivity index is 2.24. The van der Waals surface area contributed by atoms with E-state index in [1.807, 2.05) is 24.3 Å². The molecule has 0 saturated heterocycles. The van der Waals surface area contributed by atoms with Crippen molar-refractivity contribution in [3.63, 3.8) is 0 Å². The summed E-state index contributed by atoms with van der Waals surface area (Å²) >= 11 is 6.02. The van der Waals surface area contributed by atoms with Crippen LogP contribution in [-0.4, -0.2) is 23.4 Å². The van der Waals surface area contributed by atoms with Crippen molar-refractivity contribution < 1.29 is 10.2 Å². The van der Waals surface area contributed by atoms with Gasteiger partial charge in [-0.25, -0.2) is 0 Å². The van der Waals surface area contributed by atoms with E-state index in [0.717, 1.165) is 12.0 Å². The van der Waals surface area contributed by atoms with E-state index in [1.54, 1.807) is 0 Å². The second-order valence-corrected chi connectivity index (χ2v) is 5.90. The Morgan fingerprint density at radius 2 is 1.83 bits per heavy atom. The zero-order valence-electron chi connectivity index (χ0n) is 10.6. The summed E-state index contributed by atoms with van der Waals surface area (Å²) in [4.78, 5) is 0. The number of benzene rings is 1. The molecule has 2 rings (SSSR count). The molecule has 100 valence electrons. The Morgan fingerprint density at radius 3 is 2.39 bits per heavy atom. The zero-order valence-corrected chi connectivity index (χ0v) is 11.4. The Morgan fingerprint density at radius 1 is 1.17 bits per heavy atom. The average Bonchev–Trinajstić information content (AvgIpc) is 2.89. The molecule has 0 aliphatic heterocycles. The summed E-state index contributed by atoms with van der Waals surface area (Å²) < 4.78 is 0. The van der Waals surface area contributed by atoms with Crippen LogP contribution in [0.15, 0.2) is 24.3 Å². The molecule has 1 aliphatic rings.